The monoisotopic (exact) mass is 283 g/mol. The van der Waals surface area contributed by atoms with Crippen LogP contribution < -0.4 is 11.1 Å². The largest absolute Gasteiger partial charge is 0.368 e. The van der Waals surface area contributed by atoms with Gasteiger partial charge in [0.1, 0.15) is 0 Å². The summed E-state index contributed by atoms with van der Waals surface area (Å²) < 4.78 is 0. The number of rotatable bonds is 10. The number of carbonyl (C=O) groups is 1. The maximum Gasteiger partial charge on any atom is 0.237 e. The summed E-state index contributed by atoms with van der Waals surface area (Å²) in [4.78, 5) is 14.4. The molecular formula is C16H33N3O. The van der Waals surface area contributed by atoms with Gasteiger partial charge in [-0.05, 0) is 51.7 Å². The summed E-state index contributed by atoms with van der Waals surface area (Å²) >= 11 is 0. The molecule has 4 nitrogen and oxygen atoms in total. The lowest BCUT2D eigenvalue weighted by Crippen LogP contribution is -2.54. The molecule has 0 saturated heterocycles. The molecule has 0 aromatic rings. The molecule has 0 aliphatic heterocycles. The van der Waals surface area contributed by atoms with Crippen LogP contribution in [0.25, 0.3) is 0 Å². The van der Waals surface area contributed by atoms with Gasteiger partial charge < -0.3 is 16.0 Å². The number of nitrogens with zero attached hydrogens (tertiary/aromatic N) is 1. The Bertz CT molecular complexity index is 287. The molecule has 2 unspecified atom stereocenters. The highest BCUT2D eigenvalue weighted by Crippen LogP contribution is 2.33. The Hall–Kier alpha value is -0.610. The van der Waals surface area contributed by atoms with Crippen LogP contribution in [-0.2, 0) is 4.79 Å². The quantitative estimate of drug-likeness (QED) is 0.646. The number of nitrogens with one attached hydrogen (secondary N) is 1. The molecule has 0 aromatic carbocycles. The third kappa shape index (κ3) is 4.45. The van der Waals surface area contributed by atoms with Crippen molar-refractivity contribution in [3.63, 3.8) is 0 Å². The van der Waals surface area contributed by atoms with Gasteiger partial charge in [0.15, 0.2) is 0 Å². The molecule has 2 atom stereocenters. The molecule has 1 fully saturated rings. The van der Waals surface area contributed by atoms with Crippen molar-refractivity contribution in [3.05, 3.63) is 0 Å². The van der Waals surface area contributed by atoms with Gasteiger partial charge in [-0.15, -0.1) is 0 Å². The Labute approximate surface area is 124 Å². The van der Waals surface area contributed by atoms with Crippen molar-refractivity contribution in [3.8, 4) is 0 Å². The first-order valence-electron chi connectivity index (χ1n) is 8.38. The van der Waals surface area contributed by atoms with Crippen LogP contribution in [0.3, 0.4) is 0 Å². The number of likely N-dealkylation sites (N-methyl/N-ethyl adjacent to an activating group) is 1. The highest BCUT2D eigenvalue weighted by Gasteiger charge is 2.44. The molecule has 118 valence electrons. The minimum atomic E-state index is -0.462. The van der Waals surface area contributed by atoms with Crippen molar-refractivity contribution in [2.24, 2.45) is 5.73 Å². The smallest absolute Gasteiger partial charge is 0.237 e. The van der Waals surface area contributed by atoms with Crippen LogP contribution in [0.1, 0.15) is 65.7 Å². The highest BCUT2D eigenvalue weighted by atomic mass is 16.1. The van der Waals surface area contributed by atoms with Crippen LogP contribution in [0.15, 0.2) is 0 Å². The topological polar surface area (TPSA) is 58.4 Å². The summed E-state index contributed by atoms with van der Waals surface area (Å²) in [6, 6.07) is 0.514. The third-order valence-electron chi connectivity index (χ3n) is 4.59. The molecule has 0 spiro atoms. The molecule has 1 aliphatic rings. The zero-order valence-electron chi connectivity index (χ0n) is 13.6. The first-order chi connectivity index (χ1) is 9.59. The number of primary amides is 1. The molecule has 0 bridgehead atoms. The lowest BCUT2D eigenvalue weighted by atomic mass is 9.96. The van der Waals surface area contributed by atoms with E-state index in [4.69, 9.17) is 5.73 Å². The fourth-order valence-corrected chi connectivity index (χ4v) is 3.34. The number of carbonyl (C=O) groups excluding carboxylic acids is 1. The summed E-state index contributed by atoms with van der Waals surface area (Å²) in [5.41, 5.74) is 5.20. The number of unbranched alkanes of at least 4 members (excludes halogenated alkanes) is 2. The molecule has 0 aromatic heterocycles. The zero-order valence-corrected chi connectivity index (χ0v) is 13.6. The maximum absolute atomic E-state index is 11.9. The van der Waals surface area contributed by atoms with Crippen LogP contribution in [-0.4, -0.2) is 42.0 Å². The Kier molecular flexibility index (Phi) is 7.52. The van der Waals surface area contributed by atoms with E-state index in [1.165, 1.54) is 25.7 Å². The van der Waals surface area contributed by atoms with Gasteiger partial charge in [-0.3, -0.25) is 4.79 Å². The van der Waals surface area contributed by atoms with Crippen LogP contribution in [0.5, 0.6) is 0 Å². The predicted octanol–water partition coefficient (Wildman–Crippen LogP) is 2.27. The molecule has 0 radical (unpaired) electrons. The van der Waals surface area contributed by atoms with E-state index < -0.39 is 5.54 Å². The van der Waals surface area contributed by atoms with Gasteiger partial charge in [-0.2, -0.15) is 0 Å². The zero-order chi connectivity index (χ0) is 15.0. The summed E-state index contributed by atoms with van der Waals surface area (Å²) in [5, 5.41) is 3.35. The Morgan fingerprint density at radius 1 is 1.25 bits per heavy atom. The standard InChI is InChI=1S/C16H33N3O/c1-4-7-11-19(12-8-5-2)14-9-10-16(13-14,15(17)20)18-6-3/h14,18H,4-13H2,1-3H3,(H2,17,20). The maximum atomic E-state index is 11.9. The fraction of sp³-hybridized carbons (Fsp3) is 0.938. The van der Waals surface area contributed by atoms with Crippen molar-refractivity contribution < 1.29 is 4.79 Å². The van der Waals surface area contributed by atoms with E-state index in [0.717, 1.165) is 38.9 Å². The molecule has 1 amide bonds. The molecule has 3 N–H and O–H groups in total. The van der Waals surface area contributed by atoms with E-state index in [0.29, 0.717) is 6.04 Å². The lowest BCUT2D eigenvalue weighted by Gasteiger charge is -2.31. The van der Waals surface area contributed by atoms with Crippen molar-refractivity contribution in [1.29, 1.82) is 0 Å². The molecule has 20 heavy (non-hydrogen) atoms. The minimum absolute atomic E-state index is 0.173. The molecule has 0 heterocycles. The lowest BCUT2D eigenvalue weighted by molar-refractivity contribution is -0.124. The first-order valence-corrected chi connectivity index (χ1v) is 8.38. The second kappa shape index (κ2) is 8.63. The van der Waals surface area contributed by atoms with Crippen molar-refractivity contribution >= 4 is 5.91 Å². The van der Waals surface area contributed by atoms with E-state index in [-0.39, 0.29) is 5.91 Å². The number of hydrogen-bond acceptors (Lipinski definition) is 3. The van der Waals surface area contributed by atoms with E-state index in [1.807, 2.05) is 6.92 Å². The van der Waals surface area contributed by atoms with Crippen LogP contribution in [0, 0.1) is 0 Å². The average molecular weight is 283 g/mol. The van der Waals surface area contributed by atoms with Gasteiger partial charge in [0, 0.05) is 6.04 Å². The van der Waals surface area contributed by atoms with Crippen LogP contribution in [0.2, 0.25) is 0 Å². The van der Waals surface area contributed by atoms with Crippen molar-refractivity contribution in [1.82, 2.24) is 10.2 Å². The van der Waals surface area contributed by atoms with Gasteiger partial charge in [0.2, 0.25) is 5.91 Å². The van der Waals surface area contributed by atoms with Crippen LogP contribution >= 0.6 is 0 Å². The highest BCUT2D eigenvalue weighted by molar-refractivity contribution is 5.85. The van der Waals surface area contributed by atoms with Gasteiger partial charge in [0.05, 0.1) is 5.54 Å². The van der Waals surface area contributed by atoms with Crippen molar-refractivity contribution in [2.45, 2.75) is 77.3 Å². The molecule has 1 aliphatic carbocycles. The van der Waals surface area contributed by atoms with E-state index in [2.05, 4.69) is 24.1 Å². The van der Waals surface area contributed by atoms with Gasteiger partial charge >= 0.3 is 0 Å². The SMILES string of the molecule is CCCCN(CCCC)C1CCC(NCC)(C(N)=O)C1. The number of nitrogens with two attached hydrogens (primary N) is 1. The summed E-state index contributed by atoms with van der Waals surface area (Å²) in [7, 11) is 0. The fourth-order valence-electron chi connectivity index (χ4n) is 3.34. The molecule has 1 rings (SSSR count). The Morgan fingerprint density at radius 3 is 2.30 bits per heavy atom. The predicted molar refractivity (Wildman–Crippen MR) is 84.6 cm³/mol. The minimum Gasteiger partial charge on any atom is -0.368 e. The Balaban J connectivity index is 2.66. The second-order valence-electron chi connectivity index (χ2n) is 6.12. The number of hydrogen-bond donors (Lipinski definition) is 2. The van der Waals surface area contributed by atoms with Gasteiger partial charge in [0.25, 0.3) is 0 Å². The normalized spacial score (nSPS) is 26.3. The third-order valence-corrected chi connectivity index (χ3v) is 4.59. The molecule has 1 saturated carbocycles. The van der Waals surface area contributed by atoms with E-state index in [9.17, 15) is 4.79 Å². The summed E-state index contributed by atoms with van der Waals surface area (Å²) in [6.07, 6.45) is 7.78. The summed E-state index contributed by atoms with van der Waals surface area (Å²) in [5.74, 6) is -0.173. The van der Waals surface area contributed by atoms with E-state index >= 15 is 0 Å². The van der Waals surface area contributed by atoms with Gasteiger partial charge in [-0.1, -0.05) is 33.6 Å². The van der Waals surface area contributed by atoms with Crippen LogP contribution in [0.4, 0.5) is 0 Å². The van der Waals surface area contributed by atoms with E-state index in [1.54, 1.807) is 0 Å². The molecular weight excluding hydrogens is 250 g/mol. The Morgan fingerprint density at radius 2 is 1.85 bits per heavy atom. The second-order valence-corrected chi connectivity index (χ2v) is 6.12. The van der Waals surface area contributed by atoms with Gasteiger partial charge in [-0.25, -0.2) is 0 Å². The van der Waals surface area contributed by atoms with Crippen molar-refractivity contribution in [2.75, 3.05) is 19.6 Å². The summed E-state index contributed by atoms with van der Waals surface area (Å²) in [6.45, 7) is 9.63. The number of amides is 1. The average Bonchev–Trinajstić information content (AvgIpc) is 2.85. The first kappa shape index (κ1) is 17.4. The molecule has 4 heteroatoms.